The number of nitrogen functional groups attached to an aromatic ring is 1. The van der Waals surface area contributed by atoms with Gasteiger partial charge in [-0.05, 0) is 18.2 Å². The van der Waals surface area contributed by atoms with E-state index in [9.17, 15) is 4.79 Å². The third-order valence-corrected chi connectivity index (χ3v) is 3.18. The predicted molar refractivity (Wildman–Crippen MR) is 74.7 cm³/mol. The Hall–Kier alpha value is -1.53. The van der Waals surface area contributed by atoms with Crippen molar-refractivity contribution in [1.82, 2.24) is 9.78 Å². The van der Waals surface area contributed by atoms with Gasteiger partial charge in [0.25, 0.3) is 5.91 Å². The van der Waals surface area contributed by atoms with Crippen molar-refractivity contribution in [3.05, 3.63) is 39.5 Å². The number of aromatic nitrogens is 2. The van der Waals surface area contributed by atoms with Crippen LogP contribution in [0.1, 0.15) is 10.4 Å². The van der Waals surface area contributed by atoms with E-state index in [1.165, 1.54) is 10.9 Å². The Bertz CT molecular complexity index is 592. The van der Waals surface area contributed by atoms with Crippen molar-refractivity contribution in [1.29, 1.82) is 0 Å². The molecular formula is C11H10BrClN4O. The molecule has 1 aromatic carbocycles. The van der Waals surface area contributed by atoms with Crippen molar-refractivity contribution in [3.8, 4) is 0 Å². The van der Waals surface area contributed by atoms with Gasteiger partial charge in [-0.1, -0.05) is 27.5 Å². The second-order valence-electron chi connectivity index (χ2n) is 3.65. The molecular weight excluding hydrogens is 320 g/mol. The Morgan fingerprint density at radius 3 is 2.83 bits per heavy atom. The van der Waals surface area contributed by atoms with Crippen LogP contribution in [0.25, 0.3) is 0 Å². The van der Waals surface area contributed by atoms with Crippen LogP contribution in [0.2, 0.25) is 5.02 Å². The van der Waals surface area contributed by atoms with Gasteiger partial charge in [0.05, 0.1) is 22.5 Å². The quantitative estimate of drug-likeness (QED) is 0.889. The first-order chi connectivity index (χ1) is 8.49. The maximum Gasteiger partial charge on any atom is 0.258 e. The van der Waals surface area contributed by atoms with Crippen molar-refractivity contribution in [2.45, 2.75) is 0 Å². The maximum atomic E-state index is 12.0. The first-order valence-electron chi connectivity index (χ1n) is 5.03. The van der Waals surface area contributed by atoms with Gasteiger partial charge in [-0.25, -0.2) is 0 Å². The molecule has 2 rings (SSSR count). The molecule has 0 aliphatic heterocycles. The van der Waals surface area contributed by atoms with Gasteiger partial charge in [0.1, 0.15) is 0 Å². The van der Waals surface area contributed by atoms with Crippen LogP contribution in [0.15, 0.2) is 28.9 Å². The molecule has 1 amide bonds. The largest absolute Gasteiger partial charge is 0.394 e. The Morgan fingerprint density at radius 2 is 2.28 bits per heavy atom. The van der Waals surface area contributed by atoms with Crippen molar-refractivity contribution in [2.75, 3.05) is 11.1 Å². The summed E-state index contributed by atoms with van der Waals surface area (Å²) in [6, 6.07) is 5.03. The molecule has 0 aliphatic carbocycles. The monoisotopic (exact) mass is 328 g/mol. The molecule has 0 atom stereocenters. The molecule has 94 valence electrons. The number of carbonyl (C=O) groups is 1. The average molecular weight is 330 g/mol. The average Bonchev–Trinajstić information content (AvgIpc) is 2.60. The number of anilines is 2. The topological polar surface area (TPSA) is 72.9 Å². The third-order valence-electron chi connectivity index (χ3n) is 2.37. The lowest BCUT2D eigenvalue weighted by Gasteiger charge is -2.08. The number of hydrogen-bond acceptors (Lipinski definition) is 3. The second-order valence-corrected chi connectivity index (χ2v) is 4.97. The summed E-state index contributed by atoms with van der Waals surface area (Å²) in [6.07, 6.45) is 1.47. The van der Waals surface area contributed by atoms with Gasteiger partial charge in [-0.15, -0.1) is 0 Å². The maximum absolute atomic E-state index is 12.0. The lowest BCUT2D eigenvalue weighted by atomic mass is 10.2. The Labute approximate surface area is 117 Å². The van der Waals surface area contributed by atoms with E-state index in [0.29, 0.717) is 22.1 Å². The minimum Gasteiger partial charge on any atom is -0.394 e. The summed E-state index contributed by atoms with van der Waals surface area (Å²) in [6.45, 7) is 0. The molecule has 0 spiro atoms. The zero-order chi connectivity index (χ0) is 13.3. The summed E-state index contributed by atoms with van der Waals surface area (Å²) < 4.78 is 2.30. The number of nitrogens with two attached hydrogens (primary N) is 1. The van der Waals surface area contributed by atoms with Gasteiger partial charge in [-0.2, -0.15) is 5.10 Å². The molecule has 0 saturated carbocycles. The molecule has 0 aliphatic rings. The smallest absolute Gasteiger partial charge is 0.258 e. The summed E-state index contributed by atoms with van der Waals surface area (Å²) >= 11 is 9.28. The highest BCUT2D eigenvalue weighted by Crippen LogP contribution is 2.23. The first kappa shape index (κ1) is 12.9. The second kappa shape index (κ2) is 4.99. The van der Waals surface area contributed by atoms with Crippen LogP contribution in [-0.4, -0.2) is 15.7 Å². The van der Waals surface area contributed by atoms with Crippen LogP contribution < -0.4 is 11.1 Å². The summed E-state index contributed by atoms with van der Waals surface area (Å²) in [5.41, 5.74) is 6.47. The molecule has 0 saturated heterocycles. The third kappa shape index (κ3) is 2.49. The van der Waals surface area contributed by atoms with Crippen LogP contribution in [-0.2, 0) is 7.05 Å². The number of nitrogens with one attached hydrogen (secondary N) is 1. The highest BCUT2D eigenvalue weighted by Gasteiger charge is 2.14. The van der Waals surface area contributed by atoms with E-state index in [1.807, 2.05) is 0 Å². The Morgan fingerprint density at radius 1 is 1.56 bits per heavy atom. The Kier molecular flexibility index (Phi) is 3.58. The van der Waals surface area contributed by atoms with E-state index in [2.05, 4.69) is 26.3 Å². The number of halogens is 2. The van der Waals surface area contributed by atoms with Gasteiger partial charge >= 0.3 is 0 Å². The van der Waals surface area contributed by atoms with E-state index < -0.39 is 0 Å². The summed E-state index contributed by atoms with van der Waals surface area (Å²) in [5.74, 6) is 0.113. The molecule has 7 heteroatoms. The minimum atomic E-state index is -0.331. The fourth-order valence-corrected chi connectivity index (χ4v) is 2.22. The first-order valence-corrected chi connectivity index (χ1v) is 6.20. The van der Waals surface area contributed by atoms with Crippen molar-refractivity contribution >= 4 is 44.9 Å². The fraction of sp³-hybridized carbons (Fsp3) is 0.0909. The number of rotatable bonds is 2. The zero-order valence-electron chi connectivity index (χ0n) is 9.45. The lowest BCUT2D eigenvalue weighted by molar-refractivity contribution is 0.102. The molecule has 5 nitrogen and oxygen atoms in total. The standard InChI is InChI=1S/C11H10BrClN4O/c1-17-10(9(14)5-15-17)16-11(18)7-3-2-6(12)4-8(7)13/h2-5H,14H2,1H3,(H,16,18). The van der Waals surface area contributed by atoms with E-state index >= 15 is 0 Å². The van der Waals surface area contributed by atoms with Crippen LogP contribution in [0, 0.1) is 0 Å². The van der Waals surface area contributed by atoms with Gasteiger partial charge < -0.3 is 11.1 Å². The van der Waals surface area contributed by atoms with Crippen LogP contribution >= 0.6 is 27.5 Å². The fourth-order valence-electron chi connectivity index (χ4n) is 1.46. The van der Waals surface area contributed by atoms with Crippen molar-refractivity contribution in [3.63, 3.8) is 0 Å². The highest BCUT2D eigenvalue weighted by atomic mass is 79.9. The number of amides is 1. The molecule has 2 aromatic rings. The number of hydrogen-bond donors (Lipinski definition) is 2. The van der Waals surface area contributed by atoms with Crippen molar-refractivity contribution < 1.29 is 4.79 Å². The molecule has 0 fully saturated rings. The molecule has 18 heavy (non-hydrogen) atoms. The number of nitrogens with zero attached hydrogens (tertiary/aromatic N) is 2. The van der Waals surface area contributed by atoms with E-state index in [4.69, 9.17) is 17.3 Å². The molecule has 0 radical (unpaired) electrons. The summed E-state index contributed by atoms with van der Waals surface area (Å²) in [7, 11) is 1.69. The normalized spacial score (nSPS) is 10.4. The predicted octanol–water partition coefficient (Wildman–Crippen LogP) is 2.67. The van der Waals surface area contributed by atoms with Crippen molar-refractivity contribution in [2.24, 2.45) is 7.05 Å². The highest BCUT2D eigenvalue weighted by molar-refractivity contribution is 9.10. The molecule has 1 aromatic heterocycles. The van der Waals surface area contributed by atoms with Gasteiger partial charge in [0.15, 0.2) is 5.82 Å². The zero-order valence-corrected chi connectivity index (χ0v) is 11.8. The van der Waals surface area contributed by atoms with Crippen LogP contribution in [0.4, 0.5) is 11.5 Å². The Balaban J connectivity index is 2.28. The SMILES string of the molecule is Cn1ncc(N)c1NC(=O)c1ccc(Br)cc1Cl. The lowest BCUT2D eigenvalue weighted by Crippen LogP contribution is -2.16. The van der Waals surface area contributed by atoms with Crippen LogP contribution in [0.5, 0.6) is 0 Å². The molecule has 0 bridgehead atoms. The van der Waals surface area contributed by atoms with Crippen LogP contribution in [0.3, 0.4) is 0 Å². The van der Waals surface area contributed by atoms with Gasteiger partial charge in [0, 0.05) is 11.5 Å². The van der Waals surface area contributed by atoms with Gasteiger partial charge in [-0.3, -0.25) is 9.48 Å². The number of aryl methyl sites for hydroxylation is 1. The minimum absolute atomic E-state index is 0.331. The van der Waals surface area contributed by atoms with E-state index in [0.717, 1.165) is 4.47 Å². The molecule has 1 heterocycles. The van der Waals surface area contributed by atoms with Gasteiger partial charge in [0.2, 0.25) is 0 Å². The number of benzene rings is 1. The number of carbonyl (C=O) groups excluding carboxylic acids is 1. The summed E-state index contributed by atoms with van der Waals surface area (Å²) in [4.78, 5) is 12.0. The van der Waals surface area contributed by atoms with E-state index in [-0.39, 0.29) is 5.91 Å². The summed E-state index contributed by atoms with van der Waals surface area (Å²) in [5, 5.41) is 6.97. The molecule has 0 unspecified atom stereocenters. The van der Waals surface area contributed by atoms with E-state index in [1.54, 1.807) is 25.2 Å². The molecule has 3 N–H and O–H groups in total.